The van der Waals surface area contributed by atoms with Gasteiger partial charge in [0.25, 0.3) is 0 Å². The SMILES string of the molecule is CCCC1CCN(C)C1CN. The van der Waals surface area contributed by atoms with E-state index < -0.39 is 0 Å². The molecule has 1 aliphatic heterocycles. The molecule has 1 heterocycles. The lowest BCUT2D eigenvalue weighted by Gasteiger charge is -2.22. The van der Waals surface area contributed by atoms with Crippen molar-refractivity contribution < 1.29 is 0 Å². The van der Waals surface area contributed by atoms with E-state index in [9.17, 15) is 0 Å². The summed E-state index contributed by atoms with van der Waals surface area (Å²) >= 11 is 0. The van der Waals surface area contributed by atoms with Gasteiger partial charge in [-0.25, -0.2) is 0 Å². The van der Waals surface area contributed by atoms with Crippen LogP contribution in [0, 0.1) is 5.92 Å². The normalized spacial score (nSPS) is 33.0. The standard InChI is InChI=1S/C9H20N2/c1-3-4-8-5-6-11(2)9(8)7-10/h8-9H,3-7,10H2,1-2H3. The molecule has 2 unspecified atom stereocenters. The molecule has 1 aliphatic rings. The van der Waals surface area contributed by atoms with Crippen LogP contribution in [0.2, 0.25) is 0 Å². The van der Waals surface area contributed by atoms with Crippen molar-refractivity contribution in [2.45, 2.75) is 32.2 Å². The zero-order chi connectivity index (χ0) is 8.27. The Labute approximate surface area is 69.8 Å². The summed E-state index contributed by atoms with van der Waals surface area (Å²) in [6.07, 6.45) is 4.01. The second kappa shape index (κ2) is 4.07. The van der Waals surface area contributed by atoms with Gasteiger partial charge in [0.15, 0.2) is 0 Å². The average Bonchev–Trinajstić information content (AvgIpc) is 2.33. The first-order chi connectivity index (χ1) is 5.29. The molecule has 1 rings (SSSR count). The van der Waals surface area contributed by atoms with Gasteiger partial charge < -0.3 is 10.6 Å². The zero-order valence-corrected chi connectivity index (χ0v) is 7.71. The topological polar surface area (TPSA) is 29.3 Å². The number of nitrogens with zero attached hydrogens (tertiary/aromatic N) is 1. The molecule has 2 heteroatoms. The van der Waals surface area contributed by atoms with E-state index in [1.807, 2.05) is 0 Å². The lowest BCUT2D eigenvalue weighted by atomic mass is 9.95. The highest BCUT2D eigenvalue weighted by Gasteiger charge is 2.29. The van der Waals surface area contributed by atoms with Gasteiger partial charge in [-0.3, -0.25) is 0 Å². The lowest BCUT2D eigenvalue weighted by Crippen LogP contribution is -2.36. The average molecular weight is 156 g/mol. The minimum absolute atomic E-state index is 0.662. The summed E-state index contributed by atoms with van der Waals surface area (Å²) < 4.78 is 0. The molecule has 0 saturated carbocycles. The fourth-order valence-electron chi connectivity index (χ4n) is 2.17. The molecular weight excluding hydrogens is 136 g/mol. The first kappa shape index (κ1) is 9.01. The van der Waals surface area contributed by atoms with Crippen LogP contribution in [0.15, 0.2) is 0 Å². The molecular formula is C9H20N2. The van der Waals surface area contributed by atoms with Crippen molar-refractivity contribution in [3.05, 3.63) is 0 Å². The maximum Gasteiger partial charge on any atom is 0.0244 e. The van der Waals surface area contributed by atoms with E-state index in [4.69, 9.17) is 5.73 Å². The molecule has 1 saturated heterocycles. The summed E-state index contributed by atoms with van der Waals surface area (Å²) in [7, 11) is 2.19. The van der Waals surface area contributed by atoms with Crippen molar-refractivity contribution in [1.82, 2.24) is 4.90 Å². The van der Waals surface area contributed by atoms with Gasteiger partial charge in [-0.2, -0.15) is 0 Å². The molecule has 0 aromatic rings. The number of hydrogen-bond acceptors (Lipinski definition) is 2. The van der Waals surface area contributed by atoms with E-state index in [0.29, 0.717) is 6.04 Å². The molecule has 2 nitrogen and oxygen atoms in total. The van der Waals surface area contributed by atoms with Crippen molar-refractivity contribution in [1.29, 1.82) is 0 Å². The minimum atomic E-state index is 0.662. The summed E-state index contributed by atoms with van der Waals surface area (Å²) in [5.41, 5.74) is 5.70. The van der Waals surface area contributed by atoms with Crippen LogP contribution >= 0.6 is 0 Å². The summed E-state index contributed by atoms with van der Waals surface area (Å²) in [6, 6.07) is 0.662. The molecule has 11 heavy (non-hydrogen) atoms. The quantitative estimate of drug-likeness (QED) is 0.662. The maximum atomic E-state index is 5.70. The fraction of sp³-hybridized carbons (Fsp3) is 1.00. The number of likely N-dealkylation sites (tertiary alicyclic amines) is 1. The Morgan fingerprint density at radius 2 is 2.27 bits per heavy atom. The van der Waals surface area contributed by atoms with Crippen LogP contribution in [-0.4, -0.2) is 31.1 Å². The fourth-order valence-corrected chi connectivity index (χ4v) is 2.17. The molecule has 66 valence electrons. The number of rotatable bonds is 3. The third kappa shape index (κ3) is 1.94. The summed E-state index contributed by atoms with van der Waals surface area (Å²) in [5, 5.41) is 0. The molecule has 0 aliphatic carbocycles. The minimum Gasteiger partial charge on any atom is -0.329 e. The monoisotopic (exact) mass is 156 g/mol. The molecule has 0 amide bonds. The molecule has 0 spiro atoms. The Morgan fingerprint density at radius 3 is 2.82 bits per heavy atom. The van der Waals surface area contributed by atoms with E-state index in [2.05, 4.69) is 18.9 Å². The van der Waals surface area contributed by atoms with Crippen LogP contribution < -0.4 is 5.73 Å². The Kier molecular flexibility index (Phi) is 3.34. The molecule has 0 aromatic carbocycles. The highest BCUT2D eigenvalue weighted by Crippen LogP contribution is 2.25. The van der Waals surface area contributed by atoms with Gasteiger partial charge in [0.2, 0.25) is 0 Å². The second-order valence-electron chi connectivity index (χ2n) is 3.62. The van der Waals surface area contributed by atoms with E-state index in [1.54, 1.807) is 0 Å². The van der Waals surface area contributed by atoms with Crippen molar-refractivity contribution in [2.24, 2.45) is 11.7 Å². The van der Waals surface area contributed by atoms with E-state index >= 15 is 0 Å². The van der Waals surface area contributed by atoms with Gasteiger partial charge in [0.1, 0.15) is 0 Å². The first-order valence-corrected chi connectivity index (χ1v) is 4.70. The van der Waals surface area contributed by atoms with E-state index in [-0.39, 0.29) is 0 Å². The lowest BCUT2D eigenvalue weighted by molar-refractivity contribution is 0.270. The predicted molar refractivity (Wildman–Crippen MR) is 48.5 cm³/mol. The van der Waals surface area contributed by atoms with Gasteiger partial charge in [-0.05, 0) is 32.4 Å². The molecule has 0 aromatic heterocycles. The van der Waals surface area contributed by atoms with Crippen LogP contribution in [-0.2, 0) is 0 Å². The largest absolute Gasteiger partial charge is 0.329 e. The van der Waals surface area contributed by atoms with Crippen molar-refractivity contribution in [3.8, 4) is 0 Å². The zero-order valence-electron chi connectivity index (χ0n) is 7.71. The highest BCUT2D eigenvalue weighted by molar-refractivity contribution is 4.85. The number of likely N-dealkylation sites (N-methyl/N-ethyl adjacent to an activating group) is 1. The van der Waals surface area contributed by atoms with Gasteiger partial charge in [0.05, 0.1) is 0 Å². The number of hydrogen-bond donors (Lipinski definition) is 1. The van der Waals surface area contributed by atoms with Crippen LogP contribution in [0.3, 0.4) is 0 Å². The van der Waals surface area contributed by atoms with Crippen molar-refractivity contribution in [3.63, 3.8) is 0 Å². The van der Waals surface area contributed by atoms with Gasteiger partial charge in [-0.15, -0.1) is 0 Å². The second-order valence-corrected chi connectivity index (χ2v) is 3.62. The van der Waals surface area contributed by atoms with Crippen LogP contribution in [0.1, 0.15) is 26.2 Å². The smallest absolute Gasteiger partial charge is 0.0244 e. The highest BCUT2D eigenvalue weighted by atomic mass is 15.2. The third-order valence-corrected chi connectivity index (χ3v) is 2.86. The Hall–Kier alpha value is -0.0800. The molecule has 2 N–H and O–H groups in total. The van der Waals surface area contributed by atoms with Crippen LogP contribution in [0.5, 0.6) is 0 Å². The molecule has 0 radical (unpaired) electrons. The summed E-state index contributed by atoms with van der Waals surface area (Å²) in [6.45, 7) is 4.33. The third-order valence-electron chi connectivity index (χ3n) is 2.86. The van der Waals surface area contributed by atoms with Gasteiger partial charge in [-0.1, -0.05) is 13.3 Å². The van der Waals surface area contributed by atoms with Crippen molar-refractivity contribution in [2.75, 3.05) is 20.1 Å². The summed E-state index contributed by atoms with van der Waals surface area (Å²) in [5.74, 6) is 0.870. The van der Waals surface area contributed by atoms with Gasteiger partial charge >= 0.3 is 0 Å². The summed E-state index contributed by atoms with van der Waals surface area (Å²) in [4.78, 5) is 2.40. The van der Waals surface area contributed by atoms with Crippen LogP contribution in [0.4, 0.5) is 0 Å². The van der Waals surface area contributed by atoms with Crippen molar-refractivity contribution >= 4 is 0 Å². The van der Waals surface area contributed by atoms with E-state index in [1.165, 1.54) is 25.8 Å². The molecule has 0 bridgehead atoms. The maximum absolute atomic E-state index is 5.70. The Morgan fingerprint density at radius 1 is 1.55 bits per heavy atom. The molecule has 2 atom stereocenters. The van der Waals surface area contributed by atoms with E-state index in [0.717, 1.165) is 12.5 Å². The first-order valence-electron chi connectivity index (χ1n) is 4.70. The Balaban J connectivity index is 2.40. The number of nitrogens with two attached hydrogens (primary N) is 1. The predicted octanol–water partition coefficient (Wildman–Crippen LogP) is 1.07. The Bertz CT molecular complexity index is 112. The molecule has 1 fully saturated rings. The van der Waals surface area contributed by atoms with Crippen LogP contribution in [0.25, 0.3) is 0 Å². The van der Waals surface area contributed by atoms with Gasteiger partial charge in [0, 0.05) is 12.6 Å².